The van der Waals surface area contributed by atoms with E-state index in [1.54, 1.807) is 6.07 Å². The number of carbonyl (C=O) groups is 1. The van der Waals surface area contributed by atoms with Gasteiger partial charge in [0.25, 0.3) is 0 Å². The van der Waals surface area contributed by atoms with Crippen molar-refractivity contribution in [1.82, 2.24) is 0 Å². The van der Waals surface area contributed by atoms with Crippen LogP contribution in [0.1, 0.15) is 37.5 Å². The van der Waals surface area contributed by atoms with Gasteiger partial charge in [-0.2, -0.15) is 0 Å². The smallest absolute Gasteiger partial charge is 0.320 e. The first kappa shape index (κ1) is 14.5. The third kappa shape index (κ3) is 3.23. The molecule has 1 rings (SSSR count). The molecule has 0 aromatic heterocycles. The maximum Gasteiger partial charge on any atom is 0.320 e. The summed E-state index contributed by atoms with van der Waals surface area (Å²) in [6, 6.07) is 2.71. The highest BCUT2D eigenvalue weighted by atomic mass is 16.4. The maximum atomic E-state index is 10.8. The Bertz CT molecular complexity index is 461. The summed E-state index contributed by atoms with van der Waals surface area (Å²) < 4.78 is 0. The van der Waals surface area contributed by atoms with Crippen LogP contribution in [0.15, 0.2) is 12.1 Å². The van der Waals surface area contributed by atoms with Gasteiger partial charge in [-0.25, -0.2) is 0 Å². The lowest BCUT2D eigenvalue weighted by Gasteiger charge is -2.23. The predicted molar refractivity (Wildman–Crippen MR) is 70.9 cm³/mol. The molecule has 0 saturated heterocycles. The molecule has 0 fully saturated rings. The number of hydrogen-bond donors (Lipinski definition) is 3. The van der Waals surface area contributed by atoms with E-state index in [1.807, 2.05) is 33.8 Å². The molecular weight excluding hydrogens is 230 g/mol. The molecule has 0 aliphatic carbocycles. The van der Waals surface area contributed by atoms with Crippen molar-refractivity contribution in [3.63, 3.8) is 0 Å². The number of hydrogen-bond acceptors (Lipinski definition) is 3. The molecule has 0 aliphatic rings. The third-order valence-corrected chi connectivity index (χ3v) is 2.90. The van der Waals surface area contributed by atoms with Crippen LogP contribution in [0.4, 0.5) is 0 Å². The predicted octanol–water partition coefficient (Wildman–Crippen LogP) is 1.95. The van der Waals surface area contributed by atoms with Crippen LogP contribution in [0.3, 0.4) is 0 Å². The molecule has 0 heterocycles. The summed E-state index contributed by atoms with van der Waals surface area (Å²) in [4.78, 5) is 10.8. The van der Waals surface area contributed by atoms with Crippen LogP contribution in [0.5, 0.6) is 5.75 Å². The summed E-state index contributed by atoms with van der Waals surface area (Å²) in [5.74, 6) is -0.905. The van der Waals surface area contributed by atoms with Gasteiger partial charge in [0.15, 0.2) is 0 Å². The minimum atomic E-state index is -1.06. The number of aromatic hydroxyl groups is 1. The molecule has 0 amide bonds. The van der Waals surface area contributed by atoms with E-state index in [-0.39, 0.29) is 17.6 Å². The Labute approximate surface area is 107 Å². The average molecular weight is 251 g/mol. The van der Waals surface area contributed by atoms with E-state index in [2.05, 4.69) is 0 Å². The second-order valence-electron chi connectivity index (χ2n) is 5.72. The molecule has 18 heavy (non-hydrogen) atoms. The lowest BCUT2D eigenvalue weighted by atomic mass is 9.83. The van der Waals surface area contributed by atoms with Gasteiger partial charge >= 0.3 is 5.97 Å². The van der Waals surface area contributed by atoms with E-state index in [4.69, 9.17) is 10.8 Å². The summed E-state index contributed by atoms with van der Waals surface area (Å²) in [5, 5.41) is 19.1. The van der Waals surface area contributed by atoms with Gasteiger partial charge in [-0.15, -0.1) is 0 Å². The van der Waals surface area contributed by atoms with E-state index in [1.165, 1.54) is 0 Å². The summed E-state index contributed by atoms with van der Waals surface area (Å²) in [7, 11) is 0. The quantitative estimate of drug-likeness (QED) is 0.766. The highest BCUT2D eigenvalue weighted by Gasteiger charge is 2.22. The van der Waals surface area contributed by atoms with Crippen molar-refractivity contribution in [3.05, 3.63) is 28.8 Å². The molecule has 0 bridgehead atoms. The van der Waals surface area contributed by atoms with Crippen LogP contribution in [0.2, 0.25) is 0 Å². The number of phenolic OH excluding ortho intramolecular Hbond substituents is 1. The fraction of sp³-hybridized carbons (Fsp3) is 0.500. The highest BCUT2D eigenvalue weighted by Crippen LogP contribution is 2.34. The van der Waals surface area contributed by atoms with Gasteiger partial charge in [0.2, 0.25) is 0 Å². The number of aryl methyl sites for hydroxylation is 1. The zero-order valence-corrected chi connectivity index (χ0v) is 11.3. The van der Waals surface area contributed by atoms with Crippen molar-refractivity contribution in [2.24, 2.45) is 5.73 Å². The van der Waals surface area contributed by atoms with Crippen LogP contribution in [0, 0.1) is 6.92 Å². The third-order valence-electron chi connectivity index (χ3n) is 2.90. The van der Waals surface area contributed by atoms with Crippen molar-refractivity contribution in [2.75, 3.05) is 0 Å². The molecule has 1 aromatic carbocycles. The van der Waals surface area contributed by atoms with E-state index < -0.39 is 12.0 Å². The first-order valence-corrected chi connectivity index (χ1v) is 5.94. The maximum absolute atomic E-state index is 10.8. The fourth-order valence-electron chi connectivity index (χ4n) is 1.91. The van der Waals surface area contributed by atoms with Crippen molar-refractivity contribution >= 4 is 5.97 Å². The Morgan fingerprint density at radius 2 is 1.94 bits per heavy atom. The van der Waals surface area contributed by atoms with Crippen LogP contribution in [-0.4, -0.2) is 22.2 Å². The number of rotatable bonds is 3. The largest absolute Gasteiger partial charge is 0.507 e. The van der Waals surface area contributed by atoms with E-state index in [0.29, 0.717) is 5.56 Å². The van der Waals surface area contributed by atoms with Gasteiger partial charge in [-0.05, 0) is 23.5 Å². The summed E-state index contributed by atoms with van der Waals surface area (Å²) in [5.41, 5.74) is 7.72. The van der Waals surface area contributed by atoms with Gasteiger partial charge in [0, 0.05) is 6.42 Å². The molecule has 1 aromatic rings. The molecule has 4 nitrogen and oxygen atoms in total. The molecular formula is C14H21NO3. The van der Waals surface area contributed by atoms with Gasteiger partial charge < -0.3 is 15.9 Å². The second kappa shape index (κ2) is 4.98. The summed E-state index contributed by atoms with van der Waals surface area (Å²) >= 11 is 0. The Kier molecular flexibility index (Phi) is 4.02. The number of phenols is 1. The molecule has 1 unspecified atom stereocenters. The molecule has 0 saturated carbocycles. The van der Waals surface area contributed by atoms with E-state index >= 15 is 0 Å². The number of benzene rings is 1. The van der Waals surface area contributed by atoms with Gasteiger partial charge in [0.05, 0.1) is 0 Å². The summed E-state index contributed by atoms with van der Waals surface area (Å²) in [6.07, 6.45) is 0.131. The number of nitrogens with two attached hydrogens (primary N) is 1. The fourth-order valence-corrected chi connectivity index (χ4v) is 1.91. The van der Waals surface area contributed by atoms with Crippen molar-refractivity contribution in [3.8, 4) is 5.75 Å². The number of carboxylic acids is 1. The minimum absolute atomic E-state index is 0.131. The molecule has 0 radical (unpaired) electrons. The Morgan fingerprint density at radius 3 is 2.39 bits per heavy atom. The molecule has 100 valence electrons. The van der Waals surface area contributed by atoms with Crippen molar-refractivity contribution in [1.29, 1.82) is 0 Å². The first-order valence-electron chi connectivity index (χ1n) is 5.94. The van der Waals surface area contributed by atoms with Crippen LogP contribution in [-0.2, 0) is 16.6 Å². The Morgan fingerprint density at radius 1 is 1.39 bits per heavy atom. The SMILES string of the molecule is Cc1cc(CC(N)C(=O)O)c(O)c(C(C)(C)C)c1. The topological polar surface area (TPSA) is 83.6 Å². The van der Waals surface area contributed by atoms with Gasteiger partial charge in [-0.3, -0.25) is 4.79 Å². The standard InChI is InChI=1S/C14H21NO3/c1-8-5-9(7-11(15)13(17)18)12(16)10(6-8)14(2,3)4/h5-6,11,16H,7,15H2,1-4H3,(H,17,18). The zero-order valence-electron chi connectivity index (χ0n) is 11.3. The zero-order chi connectivity index (χ0) is 14.1. The van der Waals surface area contributed by atoms with Crippen molar-refractivity contribution < 1.29 is 15.0 Å². The number of carboxylic acid groups (broad SMARTS) is 1. The van der Waals surface area contributed by atoms with Crippen LogP contribution in [0.25, 0.3) is 0 Å². The van der Waals surface area contributed by atoms with Crippen LogP contribution < -0.4 is 5.73 Å². The van der Waals surface area contributed by atoms with Crippen molar-refractivity contribution in [2.45, 2.75) is 45.6 Å². The van der Waals surface area contributed by atoms with E-state index in [0.717, 1.165) is 11.1 Å². The normalized spacial score (nSPS) is 13.4. The molecule has 1 atom stereocenters. The first-order chi connectivity index (χ1) is 8.12. The van der Waals surface area contributed by atoms with Crippen LogP contribution >= 0.6 is 0 Å². The van der Waals surface area contributed by atoms with E-state index in [9.17, 15) is 9.90 Å². The Balaban J connectivity index is 3.22. The highest BCUT2D eigenvalue weighted by molar-refractivity contribution is 5.73. The second-order valence-corrected chi connectivity index (χ2v) is 5.72. The molecule has 0 spiro atoms. The lowest BCUT2D eigenvalue weighted by molar-refractivity contribution is -0.138. The average Bonchev–Trinajstić information content (AvgIpc) is 2.21. The molecule has 0 aliphatic heterocycles. The van der Waals surface area contributed by atoms with Gasteiger partial charge in [-0.1, -0.05) is 38.5 Å². The monoisotopic (exact) mass is 251 g/mol. The van der Waals surface area contributed by atoms with Gasteiger partial charge in [0.1, 0.15) is 11.8 Å². The summed E-state index contributed by atoms with van der Waals surface area (Å²) in [6.45, 7) is 7.93. The lowest BCUT2D eigenvalue weighted by Crippen LogP contribution is -2.32. The molecule has 4 heteroatoms. The molecule has 4 N–H and O–H groups in total. The minimum Gasteiger partial charge on any atom is -0.507 e. The number of aliphatic carboxylic acids is 1. The Hall–Kier alpha value is -1.55.